The first kappa shape index (κ1) is 14.5. The van der Waals surface area contributed by atoms with Gasteiger partial charge in [-0.2, -0.15) is 0 Å². The van der Waals surface area contributed by atoms with Crippen molar-refractivity contribution in [2.24, 2.45) is 0 Å². The van der Waals surface area contributed by atoms with Gasteiger partial charge in [-0.1, -0.05) is 35.0 Å². The number of anilines is 1. The highest BCUT2D eigenvalue weighted by molar-refractivity contribution is 6.29. The first-order chi connectivity index (χ1) is 10.6. The van der Waals surface area contributed by atoms with E-state index in [-0.39, 0.29) is 11.0 Å². The van der Waals surface area contributed by atoms with Gasteiger partial charge in [0.25, 0.3) is 0 Å². The molecule has 0 spiro atoms. The van der Waals surface area contributed by atoms with E-state index in [0.717, 1.165) is 0 Å². The fourth-order valence-electron chi connectivity index (χ4n) is 2.25. The lowest BCUT2D eigenvalue weighted by molar-refractivity contribution is 0.417. The molecule has 3 aromatic rings. The Labute approximate surface area is 131 Å². The summed E-state index contributed by atoms with van der Waals surface area (Å²) in [7, 11) is 0. The standard InChI is InChI=1S/C15H12ClFN4O/c1-15(10-8-18-22-9-10,11-4-2-3-5-12(11)17)19-14-7-6-13(16)20-21-14/h2-9H,1H3,(H,19,21). The van der Waals surface area contributed by atoms with Crippen molar-refractivity contribution < 1.29 is 8.91 Å². The van der Waals surface area contributed by atoms with Gasteiger partial charge in [-0.05, 0) is 25.1 Å². The number of hydrogen-bond donors (Lipinski definition) is 1. The third kappa shape index (κ3) is 2.65. The Kier molecular flexibility index (Phi) is 3.77. The Hall–Kier alpha value is -2.47. The fourth-order valence-corrected chi connectivity index (χ4v) is 2.35. The Morgan fingerprint density at radius 3 is 2.64 bits per heavy atom. The zero-order valence-corrected chi connectivity index (χ0v) is 12.4. The number of nitrogens with zero attached hydrogens (tertiary/aromatic N) is 3. The second kappa shape index (κ2) is 5.73. The number of rotatable bonds is 4. The molecule has 22 heavy (non-hydrogen) atoms. The van der Waals surface area contributed by atoms with Crippen LogP contribution in [0.15, 0.2) is 53.4 Å². The lowest BCUT2D eigenvalue weighted by atomic mass is 9.86. The minimum atomic E-state index is -0.923. The maximum absolute atomic E-state index is 14.3. The molecule has 1 N–H and O–H groups in total. The predicted octanol–water partition coefficient (Wildman–Crippen LogP) is 3.63. The van der Waals surface area contributed by atoms with E-state index in [9.17, 15) is 4.39 Å². The van der Waals surface area contributed by atoms with Crippen molar-refractivity contribution in [3.05, 3.63) is 71.0 Å². The van der Waals surface area contributed by atoms with Gasteiger partial charge in [-0.3, -0.25) is 0 Å². The number of hydrogen-bond acceptors (Lipinski definition) is 5. The molecule has 5 nitrogen and oxygen atoms in total. The maximum Gasteiger partial charge on any atom is 0.151 e. The lowest BCUT2D eigenvalue weighted by Gasteiger charge is -2.30. The van der Waals surface area contributed by atoms with Crippen LogP contribution < -0.4 is 5.32 Å². The van der Waals surface area contributed by atoms with E-state index in [1.807, 2.05) is 6.92 Å². The van der Waals surface area contributed by atoms with Gasteiger partial charge in [0.15, 0.2) is 5.15 Å². The quantitative estimate of drug-likeness (QED) is 0.795. The molecule has 1 atom stereocenters. The van der Waals surface area contributed by atoms with Crippen LogP contribution in [0.3, 0.4) is 0 Å². The largest absolute Gasteiger partial charge is 0.364 e. The van der Waals surface area contributed by atoms with Crippen LogP contribution in [0.5, 0.6) is 0 Å². The molecule has 0 bridgehead atoms. The fraction of sp³-hybridized carbons (Fsp3) is 0.133. The Bertz CT molecular complexity index is 763. The summed E-state index contributed by atoms with van der Waals surface area (Å²) in [6.07, 6.45) is 2.99. The zero-order valence-electron chi connectivity index (χ0n) is 11.6. The van der Waals surface area contributed by atoms with Crippen molar-refractivity contribution in [2.45, 2.75) is 12.5 Å². The smallest absolute Gasteiger partial charge is 0.151 e. The van der Waals surface area contributed by atoms with Crippen LogP contribution in [0.4, 0.5) is 10.2 Å². The highest BCUT2D eigenvalue weighted by Gasteiger charge is 2.33. The minimum Gasteiger partial charge on any atom is -0.364 e. The monoisotopic (exact) mass is 318 g/mol. The van der Waals surface area contributed by atoms with Crippen LogP contribution in [0.25, 0.3) is 0 Å². The third-order valence-corrected chi connectivity index (χ3v) is 3.63. The molecule has 3 rings (SSSR count). The average Bonchev–Trinajstić information content (AvgIpc) is 3.05. The average molecular weight is 319 g/mol. The second-order valence-electron chi connectivity index (χ2n) is 4.88. The van der Waals surface area contributed by atoms with E-state index >= 15 is 0 Å². The molecule has 7 heteroatoms. The van der Waals surface area contributed by atoms with Crippen LogP contribution in [-0.4, -0.2) is 15.4 Å². The molecule has 2 heterocycles. The molecule has 0 aliphatic carbocycles. The van der Waals surface area contributed by atoms with Crippen LogP contribution in [0.2, 0.25) is 5.15 Å². The minimum absolute atomic E-state index is 0.281. The molecule has 0 saturated heterocycles. The van der Waals surface area contributed by atoms with Gasteiger partial charge < -0.3 is 9.84 Å². The molecule has 0 saturated carbocycles. The molecule has 0 amide bonds. The molecule has 112 valence electrons. The van der Waals surface area contributed by atoms with Crippen molar-refractivity contribution in [2.75, 3.05) is 5.32 Å². The molecule has 1 aromatic carbocycles. The van der Waals surface area contributed by atoms with Crippen molar-refractivity contribution in [1.82, 2.24) is 15.4 Å². The van der Waals surface area contributed by atoms with E-state index in [0.29, 0.717) is 16.9 Å². The summed E-state index contributed by atoms with van der Waals surface area (Å²) in [6, 6.07) is 9.76. The summed E-state index contributed by atoms with van der Waals surface area (Å²) in [4.78, 5) is 0. The summed E-state index contributed by atoms with van der Waals surface area (Å²) >= 11 is 5.74. The van der Waals surface area contributed by atoms with Crippen LogP contribution >= 0.6 is 11.6 Å². The van der Waals surface area contributed by atoms with Crippen molar-refractivity contribution in [3.8, 4) is 0 Å². The summed E-state index contributed by atoms with van der Waals surface area (Å²) in [5.74, 6) is 0.108. The zero-order chi connectivity index (χ0) is 15.6. The van der Waals surface area contributed by atoms with Gasteiger partial charge >= 0.3 is 0 Å². The Balaban J connectivity index is 2.08. The lowest BCUT2D eigenvalue weighted by Crippen LogP contribution is -2.34. The van der Waals surface area contributed by atoms with Crippen LogP contribution in [0, 0.1) is 5.82 Å². The van der Waals surface area contributed by atoms with Crippen LogP contribution in [0.1, 0.15) is 18.1 Å². The summed E-state index contributed by atoms with van der Waals surface area (Å²) in [6.45, 7) is 1.81. The topological polar surface area (TPSA) is 63.8 Å². The SMILES string of the molecule is CC(Nc1ccc(Cl)nn1)(c1cnoc1)c1ccccc1F. The van der Waals surface area contributed by atoms with Gasteiger partial charge in [-0.25, -0.2) is 4.39 Å². The van der Waals surface area contributed by atoms with E-state index in [1.165, 1.54) is 18.5 Å². The Morgan fingerprint density at radius 2 is 2.00 bits per heavy atom. The van der Waals surface area contributed by atoms with E-state index in [2.05, 4.69) is 20.7 Å². The van der Waals surface area contributed by atoms with Crippen molar-refractivity contribution in [3.63, 3.8) is 0 Å². The summed E-state index contributed by atoms with van der Waals surface area (Å²) in [5, 5.41) is 14.9. The second-order valence-corrected chi connectivity index (χ2v) is 5.27. The Morgan fingerprint density at radius 1 is 1.18 bits per heavy atom. The van der Waals surface area contributed by atoms with E-state index in [4.69, 9.17) is 16.1 Å². The number of halogens is 2. The van der Waals surface area contributed by atoms with E-state index in [1.54, 1.807) is 30.3 Å². The third-order valence-electron chi connectivity index (χ3n) is 3.43. The molecule has 0 radical (unpaired) electrons. The van der Waals surface area contributed by atoms with Gasteiger partial charge in [0.1, 0.15) is 17.9 Å². The van der Waals surface area contributed by atoms with Crippen molar-refractivity contribution in [1.29, 1.82) is 0 Å². The predicted molar refractivity (Wildman–Crippen MR) is 80.0 cm³/mol. The van der Waals surface area contributed by atoms with Gasteiger partial charge in [-0.15, -0.1) is 10.2 Å². The molecule has 1 unspecified atom stereocenters. The first-order valence-corrected chi connectivity index (χ1v) is 6.90. The first-order valence-electron chi connectivity index (χ1n) is 6.52. The van der Waals surface area contributed by atoms with Crippen LogP contribution in [-0.2, 0) is 5.54 Å². The maximum atomic E-state index is 14.3. The number of aromatic nitrogens is 3. The number of benzene rings is 1. The van der Waals surface area contributed by atoms with Gasteiger partial charge in [0, 0.05) is 11.1 Å². The molecule has 2 aromatic heterocycles. The highest BCUT2D eigenvalue weighted by atomic mass is 35.5. The highest BCUT2D eigenvalue weighted by Crippen LogP contribution is 2.34. The molecular formula is C15H12ClFN4O. The van der Waals surface area contributed by atoms with Gasteiger partial charge in [0.05, 0.1) is 11.7 Å². The van der Waals surface area contributed by atoms with Crippen molar-refractivity contribution >= 4 is 17.4 Å². The van der Waals surface area contributed by atoms with E-state index < -0.39 is 5.54 Å². The molecule has 0 fully saturated rings. The summed E-state index contributed by atoms with van der Waals surface area (Å²) in [5.41, 5.74) is 0.178. The molecular weight excluding hydrogens is 307 g/mol. The molecule has 0 aliphatic rings. The molecule has 0 aliphatic heterocycles. The normalized spacial score (nSPS) is 13.6. The summed E-state index contributed by atoms with van der Waals surface area (Å²) < 4.78 is 19.2. The van der Waals surface area contributed by atoms with Gasteiger partial charge in [0.2, 0.25) is 0 Å². The number of nitrogens with one attached hydrogen (secondary N) is 1.